The number of non-ortho nitro benzene ring substituents is 1. The van der Waals surface area contributed by atoms with Gasteiger partial charge in [-0.3, -0.25) is 19.7 Å². The first-order valence-corrected chi connectivity index (χ1v) is 10.2. The van der Waals surface area contributed by atoms with E-state index >= 15 is 0 Å². The normalized spacial score (nSPS) is 11.0. The zero-order chi connectivity index (χ0) is 24.8. The Bertz CT molecular complexity index is 1310. The molecule has 0 spiro atoms. The number of nitrogens with zero attached hydrogens (tertiary/aromatic N) is 1. The minimum absolute atomic E-state index is 0.0418. The third-order valence-corrected chi connectivity index (χ3v) is 5.06. The molecule has 0 saturated heterocycles. The highest BCUT2D eigenvalue weighted by atomic mass is 35.5. The van der Waals surface area contributed by atoms with E-state index in [0.29, 0.717) is 11.3 Å². The zero-order valence-corrected chi connectivity index (χ0v) is 18.9. The Kier molecular flexibility index (Phi) is 7.60. The molecule has 0 atom stereocenters. The maximum Gasteiger partial charge on any atom is 0.272 e. The Balaban J connectivity index is 1.98. The summed E-state index contributed by atoms with van der Waals surface area (Å²) in [5.41, 5.74) is 0.436. The molecule has 0 aliphatic heterocycles. The van der Waals surface area contributed by atoms with Crippen LogP contribution in [0.15, 0.2) is 66.4 Å². The van der Waals surface area contributed by atoms with Crippen molar-refractivity contribution in [1.82, 2.24) is 5.32 Å². The summed E-state index contributed by atoms with van der Waals surface area (Å²) in [5.74, 6) is -1.64. The zero-order valence-electron chi connectivity index (χ0n) is 18.1. The van der Waals surface area contributed by atoms with Crippen molar-refractivity contribution in [3.63, 3.8) is 0 Å². The summed E-state index contributed by atoms with van der Waals surface area (Å²) >= 11 is 6.14. The van der Waals surface area contributed by atoms with Crippen molar-refractivity contribution in [2.45, 2.75) is 6.92 Å². The van der Waals surface area contributed by atoms with Crippen LogP contribution in [0.5, 0.6) is 5.75 Å². The SMILES string of the molecule is COc1ccc(Cl)c(C(=O)N/C(=C/c2cccc([N+](=O)[O-])c2)C(=O)Nc2ccc(C)c(F)c2)c1. The first-order valence-electron chi connectivity index (χ1n) is 9.86. The van der Waals surface area contributed by atoms with E-state index in [1.165, 1.54) is 61.7 Å². The van der Waals surface area contributed by atoms with Gasteiger partial charge in [-0.2, -0.15) is 0 Å². The van der Waals surface area contributed by atoms with Crippen molar-refractivity contribution in [3.8, 4) is 5.75 Å². The number of nitro groups is 1. The van der Waals surface area contributed by atoms with Gasteiger partial charge in [-0.15, -0.1) is 0 Å². The second-order valence-corrected chi connectivity index (χ2v) is 7.54. The molecule has 0 unspecified atom stereocenters. The number of amides is 2. The molecule has 0 fully saturated rings. The molecule has 8 nitrogen and oxygen atoms in total. The van der Waals surface area contributed by atoms with Gasteiger partial charge in [0.2, 0.25) is 0 Å². The summed E-state index contributed by atoms with van der Waals surface area (Å²) in [5, 5.41) is 16.2. The minimum atomic E-state index is -0.776. The number of carbonyl (C=O) groups excluding carboxylic acids is 2. The molecule has 0 radical (unpaired) electrons. The number of hydrogen-bond donors (Lipinski definition) is 2. The number of benzene rings is 3. The molecule has 174 valence electrons. The van der Waals surface area contributed by atoms with Crippen LogP contribution in [0, 0.1) is 22.9 Å². The first kappa shape index (κ1) is 24.4. The Morgan fingerprint density at radius 1 is 1.12 bits per heavy atom. The molecule has 3 rings (SSSR count). The fourth-order valence-electron chi connectivity index (χ4n) is 2.92. The van der Waals surface area contributed by atoms with Gasteiger partial charge in [-0.25, -0.2) is 4.39 Å². The largest absolute Gasteiger partial charge is 0.497 e. The second kappa shape index (κ2) is 10.6. The molecule has 34 heavy (non-hydrogen) atoms. The second-order valence-electron chi connectivity index (χ2n) is 7.13. The summed E-state index contributed by atoms with van der Waals surface area (Å²) < 4.78 is 19.0. The van der Waals surface area contributed by atoms with Gasteiger partial charge in [0.25, 0.3) is 17.5 Å². The highest BCUT2D eigenvalue weighted by Gasteiger charge is 2.18. The third-order valence-electron chi connectivity index (χ3n) is 4.73. The number of carbonyl (C=O) groups is 2. The van der Waals surface area contributed by atoms with Crippen molar-refractivity contribution in [1.29, 1.82) is 0 Å². The number of halogens is 2. The summed E-state index contributed by atoms with van der Waals surface area (Å²) in [6.45, 7) is 1.58. The predicted molar refractivity (Wildman–Crippen MR) is 126 cm³/mol. The number of nitro benzene ring substituents is 1. The van der Waals surface area contributed by atoms with Crippen LogP contribution < -0.4 is 15.4 Å². The van der Waals surface area contributed by atoms with Crippen LogP contribution in [0.4, 0.5) is 15.8 Å². The van der Waals surface area contributed by atoms with Crippen LogP contribution in [0.1, 0.15) is 21.5 Å². The molecule has 0 aromatic heterocycles. The molecular formula is C24H19ClFN3O5. The van der Waals surface area contributed by atoms with Crippen molar-refractivity contribution >= 4 is 40.9 Å². The number of nitrogens with one attached hydrogen (secondary N) is 2. The number of methoxy groups -OCH3 is 1. The van der Waals surface area contributed by atoms with Crippen LogP contribution in [0.2, 0.25) is 5.02 Å². The predicted octanol–water partition coefficient (Wildman–Crippen LogP) is 5.11. The third kappa shape index (κ3) is 5.96. The monoisotopic (exact) mass is 483 g/mol. The quantitative estimate of drug-likeness (QED) is 0.275. The van der Waals surface area contributed by atoms with Crippen molar-refractivity contribution in [3.05, 3.63) is 104 Å². The summed E-state index contributed by atoms with van der Waals surface area (Å²) in [6.07, 6.45) is 1.26. The van der Waals surface area contributed by atoms with E-state index in [1.54, 1.807) is 13.0 Å². The fraction of sp³-hybridized carbons (Fsp3) is 0.0833. The van der Waals surface area contributed by atoms with Gasteiger partial charge in [0.05, 0.1) is 22.6 Å². The maximum absolute atomic E-state index is 13.9. The van der Waals surface area contributed by atoms with Gasteiger partial charge < -0.3 is 15.4 Å². The average Bonchev–Trinajstić information content (AvgIpc) is 2.81. The van der Waals surface area contributed by atoms with Crippen LogP contribution in [-0.4, -0.2) is 23.8 Å². The Hall–Kier alpha value is -4.24. The van der Waals surface area contributed by atoms with Crippen LogP contribution >= 0.6 is 11.6 Å². The van der Waals surface area contributed by atoms with E-state index in [-0.39, 0.29) is 33.2 Å². The lowest BCUT2D eigenvalue weighted by molar-refractivity contribution is -0.384. The smallest absolute Gasteiger partial charge is 0.272 e. The van der Waals surface area contributed by atoms with E-state index < -0.39 is 22.6 Å². The molecule has 0 bridgehead atoms. The van der Waals surface area contributed by atoms with Gasteiger partial charge in [0.1, 0.15) is 17.3 Å². The lowest BCUT2D eigenvalue weighted by Gasteiger charge is -2.13. The number of aryl methyl sites for hydroxylation is 1. The highest BCUT2D eigenvalue weighted by molar-refractivity contribution is 6.34. The van der Waals surface area contributed by atoms with E-state index in [0.717, 1.165) is 6.07 Å². The van der Waals surface area contributed by atoms with Crippen molar-refractivity contribution in [2.75, 3.05) is 12.4 Å². The lowest BCUT2D eigenvalue weighted by Crippen LogP contribution is -2.31. The standard InChI is InChI=1S/C24H19ClFN3O5/c1-14-6-7-16(12-21(14)26)27-24(31)22(11-15-4-3-5-17(10-15)29(32)33)28-23(30)19-13-18(34-2)8-9-20(19)25/h3-13H,1-2H3,(H,27,31)(H,28,30)/b22-11+. The van der Waals surface area contributed by atoms with E-state index in [4.69, 9.17) is 16.3 Å². The van der Waals surface area contributed by atoms with Crippen LogP contribution in [0.25, 0.3) is 6.08 Å². The van der Waals surface area contributed by atoms with Crippen molar-refractivity contribution in [2.24, 2.45) is 0 Å². The number of hydrogen-bond acceptors (Lipinski definition) is 5. The Morgan fingerprint density at radius 2 is 1.88 bits per heavy atom. The number of rotatable bonds is 7. The summed E-state index contributed by atoms with van der Waals surface area (Å²) in [7, 11) is 1.42. The molecule has 0 aliphatic rings. The lowest BCUT2D eigenvalue weighted by atomic mass is 10.1. The minimum Gasteiger partial charge on any atom is -0.497 e. The molecule has 0 saturated carbocycles. The molecule has 2 N–H and O–H groups in total. The number of anilines is 1. The number of ether oxygens (including phenoxy) is 1. The average molecular weight is 484 g/mol. The van der Waals surface area contributed by atoms with E-state index in [2.05, 4.69) is 10.6 Å². The van der Waals surface area contributed by atoms with Gasteiger partial charge in [-0.05, 0) is 54.5 Å². The molecule has 3 aromatic rings. The van der Waals surface area contributed by atoms with Gasteiger partial charge in [-0.1, -0.05) is 29.8 Å². The van der Waals surface area contributed by atoms with Gasteiger partial charge in [0.15, 0.2) is 0 Å². The van der Waals surface area contributed by atoms with Gasteiger partial charge in [0, 0.05) is 17.8 Å². The van der Waals surface area contributed by atoms with Crippen LogP contribution in [-0.2, 0) is 4.79 Å². The van der Waals surface area contributed by atoms with Crippen LogP contribution in [0.3, 0.4) is 0 Å². The molecule has 3 aromatic carbocycles. The summed E-state index contributed by atoms with van der Waals surface area (Å²) in [4.78, 5) is 36.4. The van der Waals surface area contributed by atoms with E-state index in [1.807, 2.05) is 0 Å². The molecule has 0 heterocycles. The fourth-order valence-corrected chi connectivity index (χ4v) is 3.12. The Labute approximate surface area is 199 Å². The molecule has 10 heteroatoms. The maximum atomic E-state index is 13.9. The van der Waals surface area contributed by atoms with Gasteiger partial charge >= 0.3 is 0 Å². The summed E-state index contributed by atoms with van der Waals surface area (Å²) in [6, 6.07) is 14.1. The first-order chi connectivity index (χ1) is 16.2. The topological polar surface area (TPSA) is 111 Å². The molecule has 2 amide bonds. The molecular weight excluding hydrogens is 465 g/mol. The van der Waals surface area contributed by atoms with E-state index in [9.17, 15) is 24.1 Å². The Morgan fingerprint density at radius 3 is 2.56 bits per heavy atom. The highest BCUT2D eigenvalue weighted by Crippen LogP contribution is 2.23. The molecule has 0 aliphatic carbocycles. The van der Waals surface area contributed by atoms with Crippen molar-refractivity contribution < 1.29 is 23.6 Å².